The summed E-state index contributed by atoms with van der Waals surface area (Å²) < 4.78 is 44.8. The van der Waals surface area contributed by atoms with Crippen molar-refractivity contribution in [3.05, 3.63) is 59.9 Å². The van der Waals surface area contributed by atoms with E-state index in [2.05, 4.69) is 5.32 Å². The maximum absolute atomic E-state index is 14.1. The molecule has 0 spiro atoms. The van der Waals surface area contributed by atoms with Crippen LogP contribution in [0.2, 0.25) is 0 Å². The minimum atomic E-state index is -3.88. The summed E-state index contributed by atoms with van der Waals surface area (Å²) in [5.74, 6) is -0.624. The summed E-state index contributed by atoms with van der Waals surface area (Å²) in [6.07, 6.45) is 0.938. The zero-order chi connectivity index (χ0) is 20.0. The molecule has 6 nitrogen and oxygen atoms in total. The van der Waals surface area contributed by atoms with E-state index in [1.807, 2.05) is 19.1 Å². The van der Waals surface area contributed by atoms with Crippen molar-refractivity contribution in [2.75, 3.05) is 17.2 Å². The molecular weight excluding hydrogens is 371 g/mol. The third-order valence-electron chi connectivity index (χ3n) is 3.90. The number of para-hydroxylation sites is 2. The molecule has 0 aliphatic carbocycles. The largest absolute Gasteiger partial charge is 0.494 e. The minimum absolute atomic E-state index is 0.161. The first-order chi connectivity index (χ1) is 12.8. The van der Waals surface area contributed by atoms with E-state index in [4.69, 9.17) is 4.74 Å². The molecule has 0 unspecified atom stereocenters. The monoisotopic (exact) mass is 394 g/mol. The lowest BCUT2D eigenvalue weighted by atomic mass is 10.2. The van der Waals surface area contributed by atoms with Gasteiger partial charge in [-0.3, -0.25) is 9.10 Å². The van der Waals surface area contributed by atoms with Gasteiger partial charge in [0.1, 0.15) is 17.6 Å². The molecule has 146 valence electrons. The van der Waals surface area contributed by atoms with Gasteiger partial charge in [-0.1, -0.05) is 30.3 Å². The third kappa shape index (κ3) is 5.19. The molecular formula is C19H23FN2O4S. The molecule has 0 heterocycles. The van der Waals surface area contributed by atoms with Gasteiger partial charge in [0.25, 0.3) is 0 Å². The lowest BCUT2D eigenvalue weighted by Crippen LogP contribution is -2.48. The molecule has 2 aromatic carbocycles. The Morgan fingerprint density at radius 3 is 2.44 bits per heavy atom. The third-order valence-corrected chi connectivity index (χ3v) is 5.13. The minimum Gasteiger partial charge on any atom is -0.494 e. The normalized spacial score (nSPS) is 12.3. The van der Waals surface area contributed by atoms with E-state index in [0.29, 0.717) is 12.4 Å². The molecule has 1 atom stereocenters. The number of anilines is 1. The first kappa shape index (κ1) is 20.7. The van der Waals surface area contributed by atoms with Crippen molar-refractivity contribution in [1.29, 1.82) is 0 Å². The maximum Gasteiger partial charge on any atom is 0.243 e. The molecule has 1 N–H and O–H groups in total. The zero-order valence-electron chi connectivity index (χ0n) is 15.5. The summed E-state index contributed by atoms with van der Waals surface area (Å²) in [7, 11) is -3.88. The fourth-order valence-electron chi connectivity index (χ4n) is 2.69. The highest BCUT2D eigenvalue weighted by molar-refractivity contribution is 7.92. The molecule has 27 heavy (non-hydrogen) atoms. The second kappa shape index (κ2) is 8.85. The smallest absolute Gasteiger partial charge is 0.243 e. The number of amides is 1. The average molecular weight is 394 g/mol. The van der Waals surface area contributed by atoms with Gasteiger partial charge in [-0.15, -0.1) is 0 Å². The van der Waals surface area contributed by atoms with Crippen molar-refractivity contribution in [1.82, 2.24) is 5.32 Å². The molecule has 1 amide bonds. The van der Waals surface area contributed by atoms with Crippen molar-refractivity contribution in [3.63, 3.8) is 0 Å². The van der Waals surface area contributed by atoms with Crippen LogP contribution in [0.15, 0.2) is 48.5 Å². The zero-order valence-corrected chi connectivity index (χ0v) is 16.3. The van der Waals surface area contributed by atoms with E-state index in [0.717, 1.165) is 22.2 Å². The van der Waals surface area contributed by atoms with Gasteiger partial charge >= 0.3 is 0 Å². The van der Waals surface area contributed by atoms with Crippen molar-refractivity contribution in [3.8, 4) is 5.75 Å². The molecule has 0 radical (unpaired) electrons. The van der Waals surface area contributed by atoms with Gasteiger partial charge in [0.15, 0.2) is 0 Å². The maximum atomic E-state index is 14.1. The molecule has 0 saturated heterocycles. The summed E-state index contributed by atoms with van der Waals surface area (Å²) in [4.78, 5) is 12.6. The Morgan fingerprint density at radius 1 is 1.19 bits per heavy atom. The number of nitrogens with zero attached hydrogens (tertiary/aromatic N) is 1. The van der Waals surface area contributed by atoms with E-state index >= 15 is 0 Å². The molecule has 2 aromatic rings. The van der Waals surface area contributed by atoms with E-state index in [1.165, 1.54) is 25.1 Å². The van der Waals surface area contributed by atoms with Crippen LogP contribution in [0.1, 0.15) is 19.4 Å². The highest BCUT2D eigenvalue weighted by Crippen LogP contribution is 2.24. The fourth-order valence-corrected chi connectivity index (χ4v) is 3.86. The second-order valence-electron chi connectivity index (χ2n) is 5.94. The first-order valence-electron chi connectivity index (χ1n) is 8.48. The summed E-state index contributed by atoms with van der Waals surface area (Å²) in [6, 6.07) is 11.5. The highest BCUT2D eigenvalue weighted by Gasteiger charge is 2.30. The number of ether oxygens (including phenoxy) is 1. The van der Waals surface area contributed by atoms with Crippen molar-refractivity contribution >= 4 is 21.6 Å². The number of benzene rings is 2. The van der Waals surface area contributed by atoms with Crippen LogP contribution in [0.4, 0.5) is 10.1 Å². The molecule has 0 fully saturated rings. The Hall–Kier alpha value is -2.61. The molecule has 0 aliphatic heterocycles. The summed E-state index contributed by atoms with van der Waals surface area (Å²) in [6.45, 7) is 3.91. The molecule has 8 heteroatoms. The van der Waals surface area contributed by atoms with Crippen molar-refractivity contribution in [2.45, 2.75) is 26.4 Å². The van der Waals surface area contributed by atoms with Crippen LogP contribution in [-0.4, -0.2) is 33.2 Å². The Balaban J connectivity index is 2.20. The van der Waals surface area contributed by atoms with Gasteiger partial charge in [0.2, 0.25) is 15.9 Å². The molecule has 0 saturated carbocycles. The Labute approximate surface area is 159 Å². The van der Waals surface area contributed by atoms with Crippen molar-refractivity contribution in [2.24, 2.45) is 0 Å². The number of sulfonamides is 1. The van der Waals surface area contributed by atoms with E-state index in [9.17, 15) is 17.6 Å². The topological polar surface area (TPSA) is 75.7 Å². The SMILES string of the molecule is CCOc1ccccc1CNC(=O)[C@H](C)N(c1ccccc1F)S(C)(=O)=O. The lowest BCUT2D eigenvalue weighted by Gasteiger charge is -2.28. The van der Waals surface area contributed by atoms with Gasteiger partial charge in [0, 0.05) is 12.1 Å². The summed E-state index contributed by atoms with van der Waals surface area (Å²) >= 11 is 0. The molecule has 2 rings (SSSR count). The Morgan fingerprint density at radius 2 is 1.81 bits per heavy atom. The highest BCUT2D eigenvalue weighted by atomic mass is 32.2. The predicted octanol–water partition coefficient (Wildman–Crippen LogP) is 2.70. The van der Waals surface area contributed by atoms with Gasteiger partial charge in [0.05, 0.1) is 18.6 Å². The quantitative estimate of drug-likeness (QED) is 0.747. The van der Waals surface area contributed by atoms with E-state index in [1.54, 1.807) is 12.1 Å². The van der Waals surface area contributed by atoms with Crippen LogP contribution in [0.3, 0.4) is 0 Å². The van der Waals surface area contributed by atoms with Crippen LogP contribution in [0, 0.1) is 5.82 Å². The standard InChI is InChI=1S/C19H23FN2O4S/c1-4-26-18-12-8-5-9-15(18)13-21-19(23)14(2)22(27(3,24)25)17-11-7-6-10-16(17)20/h5-12,14H,4,13H2,1-3H3,(H,21,23)/t14-/m0/s1. The van der Waals surface area contributed by atoms with Gasteiger partial charge in [-0.05, 0) is 32.0 Å². The predicted molar refractivity (Wildman–Crippen MR) is 103 cm³/mol. The molecule has 0 aliphatic rings. The number of carbonyl (C=O) groups is 1. The molecule has 0 aromatic heterocycles. The van der Waals surface area contributed by atoms with Crippen LogP contribution in [-0.2, 0) is 21.4 Å². The number of nitrogens with one attached hydrogen (secondary N) is 1. The van der Waals surface area contributed by atoms with Crippen LogP contribution in [0.5, 0.6) is 5.75 Å². The number of carbonyl (C=O) groups excluding carboxylic acids is 1. The van der Waals surface area contributed by atoms with Crippen LogP contribution >= 0.6 is 0 Å². The number of halogens is 1. The van der Waals surface area contributed by atoms with E-state index < -0.39 is 27.8 Å². The number of hydrogen-bond donors (Lipinski definition) is 1. The summed E-state index contributed by atoms with van der Waals surface area (Å²) in [5, 5.41) is 2.69. The van der Waals surface area contributed by atoms with Gasteiger partial charge in [-0.25, -0.2) is 12.8 Å². The van der Waals surface area contributed by atoms with Crippen LogP contribution in [0.25, 0.3) is 0 Å². The van der Waals surface area contributed by atoms with Gasteiger partial charge < -0.3 is 10.1 Å². The summed E-state index contributed by atoms with van der Waals surface area (Å²) in [5.41, 5.74) is 0.592. The first-order valence-corrected chi connectivity index (χ1v) is 10.3. The average Bonchev–Trinajstić information content (AvgIpc) is 2.61. The van der Waals surface area contributed by atoms with E-state index in [-0.39, 0.29) is 12.2 Å². The van der Waals surface area contributed by atoms with Crippen LogP contribution < -0.4 is 14.4 Å². The van der Waals surface area contributed by atoms with Gasteiger partial charge in [-0.2, -0.15) is 0 Å². The Kier molecular flexibility index (Phi) is 6.79. The van der Waals surface area contributed by atoms with Crippen molar-refractivity contribution < 1.29 is 22.3 Å². The number of rotatable bonds is 8. The lowest BCUT2D eigenvalue weighted by molar-refractivity contribution is -0.122. The Bertz CT molecular complexity index is 902. The fraction of sp³-hybridized carbons (Fsp3) is 0.316. The molecule has 0 bridgehead atoms. The second-order valence-corrected chi connectivity index (χ2v) is 7.80. The number of hydrogen-bond acceptors (Lipinski definition) is 4.